The zero-order valence-electron chi connectivity index (χ0n) is 13.7. The average molecular weight is 349 g/mol. The van der Waals surface area contributed by atoms with Crippen LogP contribution in [0.25, 0.3) is 0 Å². The topological polar surface area (TPSA) is 71.1 Å². The molecule has 3 aromatic rings. The molecule has 130 valence electrons. The largest absolute Gasteiger partial charge is 0.341 e. The summed E-state index contributed by atoms with van der Waals surface area (Å²) in [4.78, 5) is 27.1. The first-order valence-corrected chi connectivity index (χ1v) is 7.94. The molecule has 0 aliphatic rings. The molecule has 0 saturated heterocycles. The molecule has 1 heterocycles. The molecule has 26 heavy (non-hydrogen) atoms. The Morgan fingerprint density at radius 3 is 2.15 bits per heavy atom. The van der Waals surface area contributed by atoms with Gasteiger partial charge in [-0.1, -0.05) is 12.1 Å². The van der Waals surface area contributed by atoms with Gasteiger partial charge in [0.15, 0.2) is 0 Å². The van der Waals surface area contributed by atoms with E-state index in [0.717, 1.165) is 11.1 Å². The second-order valence-electron chi connectivity index (χ2n) is 5.58. The number of nitrogens with zero attached hydrogens (tertiary/aromatic N) is 1. The third-order valence-corrected chi connectivity index (χ3v) is 3.89. The van der Waals surface area contributed by atoms with E-state index >= 15 is 0 Å². The van der Waals surface area contributed by atoms with Crippen LogP contribution in [0.4, 0.5) is 10.1 Å². The molecule has 0 saturated carbocycles. The third kappa shape index (κ3) is 4.10. The molecule has 2 N–H and O–H groups in total. The number of benzene rings is 2. The van der Waals surface area contributed by atoms with Gasteiger partial charge in [0.05, 0.1) is 6.04 Å². The number of anilines is 1. The average Bonchev–Trinajstić information content (AvgIpc) is 2.68. The van der Waals surface area contributed by atoms with Crippen molar-refractivity contribution in [3.8, 4) is 0 Å². The van der Waals surface area contributed by atoms with Crippen LogP contribution in [0.5, 0.6) is 0 Å². The van der Waals surface area contributed by atoms with Gasteiger partial charge in [0.2, 0.25) is 6.41 Å². The summed E-state index contributed by atoms with van der Waals surface area (Å²) in [6, 6.07) is 15.7. The van der Waals surface area contributed by atoms with Crippen molar-refractivity contribution >= 4 is 18.0 Å². The van der Waals surface area contributed by atoms with Crippen molar-refractivity contribution in [3.05, 3.63) is 95.6 Å². The molecule has 0 spiro atoms. The van der Waals surface area contributed by atoms with E-state index in [9.17, 15) is 14.0 Å². The highest BCUT2D eigenvalue weighted by molar-refractivity contribution is 5.95. The van der Waals surface area contributed by atoms with E-state index in [-0.39, 0.29) is 11.7 Å². The van der Waals surface area contributed by atoms with Gasteiger partial charge < -0.3 is 10.6 Å². The number of carbonyl (C=O) groups excluding carboxylic acids is 2. The molecule has 1 unspecified atom stereocenters. The lowest BCUT2D eigenvalue weighted by Crippen LogP contribution is -2.29. The van der Waals surface area contributed by atoms with Crippen LogP contribution in [0.3, 0.4) is 0 Å². The Balaban J connectivity index is 1.86. The second-order valence-corrected chi connectivity index (χ2v) is 5.58. The van der Waals surface area contributed by atoms with Crippen LogP contribution in [0.1, 0.15) is 27.5 Å². The number of rotatable bonds is 6. The fourth-order valence-corrected chi connectivity index (χ4v) is 2.57. The predicted molar refractivity (Wildman–Crippen MR) is 96.1 cm³/mol. The maximum Gasteiger partial charge on any atom is 0.252 e. The van der Waals surface area contributed by atoms with Crippen molar-refractivity contribution < 1.29 is 14.0 Å². The second kappa shape index (κ2) is 8.02. The van der Waals surface area contributed by atoms with Crippen LogP contribution < -0.4 is 10.6 Å². The maximum absolute atomic E-state index is 13.3. The molecule has 0 aliphatic heterocycles. The van der Waals surface area contributed by atoms with Crippen molar-refractivity contribution in [2.75, 3.05) is 5.32 Å². The van der Waals surface area contributed by atoms with Crippen LogP contribution in [0.15, 0.2) is 73.1 Å². The summed E-state index contributed by atoms with van der Waals surface area (Å²) in [6.45, 7) is 0. The van der Waals surface area contributed by atoms with Gasteiger partial charge in [-0.3, -0.25) is 14.6 Å². The van der Waals surface area contributed by atoms with E-state index in [4.69, 9.17) is 0 Å². The number of pyridine rings is 1. The van der Waals surface area contributed by atoms with Gasteiger partial charge >= 0.3 is 0 Å². The summed E-state index contributed by atoms with van der Waals surface area (Å²) in [5.74, 6) is -0.624. The summed E-state index contributed by atoms with van der Waals surface area (Å²) >= 11 is 0. The van der Waals surface area contributed by atoms with Crippen LogP contribution in [-0.2, 0) is 4.79 Å². The molecule has 2 aromatic carbocycles. The summed E-state index contributed by atoms with van der Waals surface area (Å²) in [5, 5.41) is 5.47. The highest BCUT2D eigenvalue weighted by Crippen LogP contribution is 2.22. The minimum absolute atomic E-state index is 0.284. The predicted octanol–water partition coefficient (Wildman–Crippen LogP) is 3.31. The smallest absolute Gasteiger partial charge is 0.252 e. The van der Waals surface area contributed by atoms with E-state index in [1.54, 1.807) is 60.9 Å². The van der Waals surface area contributed by atoms with Crippen molar-refractivity contribution in [3.63, 3.8) is 0 Å². The Bertz CT molecular complexity index is 881. The van der Waals surface area contributed by atoms with Gasteiger partial charge in [-0.05, 0) is 59.7 Å². The van der Waals surface area contributed by atoms with Gasteiger partial charge in [0.25, 0.3) is 5.91 Å². The third-order valence-electron chi connectivity index (χ3n) is 3.89. The van der Waals surface area contributed by atoms with E-state index in [0.29, 0.717) is 17.7 Å². The molecule has 0 fully saturated rings. The zero-order valence-corrected chi connectivity index (χ0v) is 13.7. The maximum atomic E-state index is 13.3. The molecule has 5 nitrogen and oxygen atoms in total. The Morgan fingerprint density at radius 1 is 0.923 bits per heavy atom. The minimum atomic E-state index is -0.445. The van der Waals surface area contributed by atoms with Crippen molar-refractivity contribution in [2.45, 2.75) is 6.04 Å². The number of amides is 2. The monoisotopic (exact) mass is 349 g/mol. The first kappa shape index (κ1) is 17.3. The van der Waals surface area contributed by atoms with Gasteiger partial charge in [-0.2, -0.15) is 0 Å². The van der Waals surface area contributed by atoms with Crippen LogP contribution in [-0.4, -0.2) is 17.3 Å². The Kier molecular flexibility index (Phi) is 5.34. The quantitative estimate of drug-likeness (QED) is 0.671. The number of carbonyl (C=O) groups is 2. The number of aromatic nitrogens is 1. The standard InChI is InChI=1S/C20H16FN3O2/c21-17-5-1-14(2-6-17)19(15-9-11-22-12-10-15)24-20(26)16-3-7-18(8-4-16)23-13-25/h1-13,19H,(H,23,25)(H,24,26). The van der Waals surface area contributed by atoms with Crippen molar-refractivity contribution in [1.29, 1.82) is 0 Å². The van der Waals surface area contributed by atoms with Gasteiger partial charge in [0, 0.05) is 23.6 Å². The van der Waals surface area contributed by atoms with Gasteiger partial charge in [0.1, 0.15) is 5.82 Å². The Morgan fingerprint density at radius 2 is 1.54 bits per heavy atom. The Hall–Kier alpha value is -3.54. The van der Waals surface area contributed by atoms with Crippen molar-refractivity contribution in [2.24, 2.45) is 0 Å². The van der Waals surface area contributed by atoms with E-state index in [1.807, 2.05) is 0 Å². The van der Waals surface area contributed by atoms with Crippen LogP contribution in [0.2, 0.25) is 0 Å². The lowest BCUT2D eigenvalue weighted by Gasteiger charge is -2.20. The molecule has 2 amide bonds. The summed E-state index contributed by atoms with van der Waals surface area (Å²) < 4.78 is 13.3. The normalized spacial score (nSPS) is 11.4. The molecule has 0 bridgehead atoms. The summed E-state index contributed by atoms with van der Waals surface area (Å²) in [7, 11) is 0. The molecule has 6 heteroatoms. The van der Waals surface area contributed by atoms with Gasteiger partial charge in [-0.25, -0.2) is 4.39 Å². The molecule has 3 rings (SSSR count). The Labute approximate surface area is 149 Å². The number of hydrogen-bond donors (Lipinski definition) is 2. The molecule has 0 radical (unpaired) electrons. The number of nitrogens with one attached hydrogen (secondary N) is 2. The summed E-state index contributed by atoms with van der Waals surface area (Å²) in [5.41, 5.74) is 2.63. The molecular formula is C20H16FN3O2. The molecule has 1 atom stereocenters. The van der Waals surface area contributed by atoms with Crippen LogP contribution >= 0.6 is 0 Å². The zero-order chi connectivity index (χ0) is 18.4. The van der Waals surface area contributed by atoms with Crippen LogP contribution in [0, 0.1) is 5.82 Å². The van der Waals surface area contributed by atoms with Crippen molar-refractivity contribution in [1.82, 2.24) is 10.3 Å². The lowest BCUT2D eigenvalue weighted by atomic mass is 9.99. The van der Waals surface area contributed by atoms with Gasteiger partial charge in [-0.15, -0.1) is 0 Å². The lowest BCUT2D eigenvalue weighted by molar-refractivity contribution is -0.105. The minimum Gasteiger partial charge on any atom is -0.341 e. The highest BCUT2D eigenvalue weighted by Gasteiger charge is 2.18. The molecular weight excluding hydrogens is 333 g/mol. The SMILES string of the molecule is O=CNc1ccc(C(=O)NC(c2ccncc2)c2ccc(F)cc2)cc1. The fraction of sp³-hybridized carbons (Fsp3) is 0.0500. The first-order valence-electron chi connectivity index (χ1n) is 7.94. The molecule has 0 aliphatic carbocycles. The van der Waals surface area contributed by atoms with E-state index in [1.165, 1.54) is 12.1 Å². The first-order chi connectivity index (χ1) is 12.7. The molecule has 1 aromatic heterocycles. The van der Waals surface area contributed by atoms with E-state index in [2.05, 4.69) is 15.6 Å². The number of hydrogen-bond acceptors (Lipinski definition) is 3. The fourth-order valence-electron chi connectivity index (χ4n) is 2.57. The van der Waals surface area contributed by atoms with E-state index < -0.39 is 6.04 Å². The number of halogens is 1. The summed E-state index contributed by atoms with van der Waals surface area (Å²) in [6.07, 6.45) is 3.85. The highest BCUT2D eigenvalue weighted by atomic mass is 19.1.